The molecule has 6 heteroatoms. The number of amidine groups is 1. The van der Waals surface area contributed by atoms with E-state index in [1.165, 1.54) is 0 Å². The quantitative estimate of drug-likeness (QED) is 0.650. The van der Waals surface area contributed by atoms with Crippen LogP contribution >= 0.6 is 0 Å². The molecule has 2 aromatic rings. The third kappa shape index (κ3) is 2.79. The first kappa shape index (κ1) is 14.0. The van der Waals surface area contributed by atoms with Crippen LogP contribution in [-0.2, 0) is 13.6 Å². The second-order valence-corrected chi connectivity index (χ2v) is 5.04. The van der Waals surface area contributed by atoms with Crippen molar-refractivity contribution in [3.8, 4) is 0 Å². The minimum absolute atomic E-state index is 0.0445. The van der Waals surface area contributed by atoms with Crippen molar-refractivity contribution in [3.05, 3.63) is 41.0 Å². The molecule has 0 bridgehead atoms. The highest BCUT2D eigenvalue weighted by atomic mass is 15.2. The summed E-state index contributed by atoms with van der Waals surface area (Å²) in [5.41, 5.74) is 10.1. The summed E-state index contributed by atoms with van der Waals surface area (Å²) >= 11 is 0. The molecule has 0 atom stereocenters. The van der Waals surface area contributed by atoms with Crippen molar-refractivity contribution >= 4 is 11.5 Å². The molecule has 0 radical (unpaired) electrons. The van der Waals surface area contributed by atoms with Gasteiger partial charge in [0.2, 0.25) is 0 Å². The monoisotopic (exact) mass is 272 g/mol. The van der Waals surface area contributed by atoms with Crippen LogP contribution in [-0.4, -0.2) is 27.6 Å². The summed E-state index contributed by atoms with van der Waals surface area (Å²) < 4.78 is 1.78. The lowest BCUT2D eigenvalue weighted by atomic mass is 10.1. The third-order valence-corrected chi connectivity index (χ3v) is 3.17. The Morgan fingerprint density at radius 3 is 2.70 bits per heavy atom. The molecule has 2 rings (SSSR count). The Morgan fingerprint density at radius 2 is 2.15 bits per heavy atom. The van der Waals surface area contributed by atoms with Gasteiger partial charge in [0.25, 0.3) is 0 Å². The van der Waals surface area contributed by atoms with Crippen molar-refractivity contribution in [3.63, 3.8) is 0 Å². The Kier molecular flexibility index (Phi) is 3.74. The molecule has 0 spiro atoms. The van der Waals surface area contributed by atoms with Crippen LogP contribution in [0.2, 0.25) is 0 Å². The van der Waals surface area contributed by atoms with Crippen molar-refractivity contribution in [1.82, 2.24) is 14.8 Å². The van der Waals surface area contributed by atoms with Gasteiger partial charge in [0.15, 0.2) is 0 Å². The van der Waals surface area contributed by atoms with E-state index in [2.05, 4.69) is 15.0 Å². The standard InChI is InChI=1S/C14H20N6/c1-9-5-12(13(14(15)16)10(2)18-9)19(3)7-11-6-17-20(4)8-11/h5-6,8H,7H2,1-4H3,(H3,15,16). The first-order valence-electron chi connectivity index (χ1n) is 6.39. The Bertz CT molecular complexity index is 643. The lowest BCUT2D eigenvalue weighted by Crippen LogP contribution is -2.23. The maximum atomic E-state index is 7.76. The van der Waals surface area contributed by atoms with Gasteiger partial charge >= 0.3 is 0 Å². The summed E-state index contributed by atoms with van der Waals surface area (Å²) in [6.45, 7) is 4.53. The summed E-state index contributed by atoms with van der Waals surface area (Å²) in [5.74, 6) is 0.0445. The highest BCUT2D eigenvalue weighted by Gasteiger charge is 2.15. The summed E-state index contributed by atoms with van der Waals surface area (Å²) in [4.78, 5) is 6.45. The van der Waals surface area contributed by atoms with E-state index in [0.717, 1.165) is 22.6 Å². The summed E-state index contributed by atoms with van der Waals surface area (Å²) in [6, 6.07) is 1.96. The van der Waals surface area contributed by atoms with Gasteiger partial charge in [-0.1, -0.05) is 0 Å². The highest BCUT2D eigenvalue weighted by Crippen LogP contribution is 2.24. The molecule has 3 N–H and O–H groups in total. The van der Waals surface area contributed by atoms with E-state index in [1.54, 1.807) is 4.68 Å². The van der Waals surface area contributed by atoms with Gasteiger partial charge < -0.3 is 10.6 Å². The zero-order chi connectivity index (χ0) is 14.9. The minimum atomic E-state index is 0.0445. The average molecular weight is 272 g/mol. The Labute approximate surface area is 118 Å². The molecule has 106 valence electrons. The maximum absolute atomic E-state index is 7.76. The number of rotatable bonds is 4. The third-order valence-electron chi connectivity index (χ3n) is 3.17. The molecular weight excluding hydrogens is 252 g/mol. The van der Waals surface area contributed by atoms with Crippen LogP contribution in [0.15, 0.2) is 18.5 Å². The Balaban J connectivity index is 2.38. The van der Waals surface area contributed by atoms with Gasteiger partial charge in [-0.2, -0.15) is 5.10 Å². The van der Waals surface area contributed by atoms with Crippen LogP contribution in [0.25, 0.3) is 0 Å². The van der Waals surface area contributed by atoms with E-state index in [-0.39, 0.29) is 5.84 Å². The first-order valence-corrected chi connectivity index (χ1v) is 6.39. The van der Waals surface area contributed by atoms with E-state index < -0.39 is 0 Å². The van der Waals surface area contributed by atoms with E-state index in [0.29, 0.717) is 12.1 Å². The first-order chi connectivity index (χ1) is 9.38. The van der Waals surface area contributed by atoms with Gasteiger partial charge in [-0.15, -0.1) is 0 Å². The normalized spacial score (nSPS) is 10.6. The fourth-order valence-electron chi connectivity index (χ4n) is 2.35. The number of nitrogens with two attached hydrogens (primary N) is 1. The molecule has 0 saturated carbocycles. The molecule has 0 aromatic carbocycles. The fraction of sp³-hybridized carbons (Fsp3) is 0.357. The highest BCUT2D eigenvalue weighted by molar-refractivity contribution is 6.01. The van der Waals surface area contributed by atoms with E-state index in [9.17, 15) is 0 Å². The smallest absolute Gasteiger partial charge is 0.126 e. The van der Waals surface area contributed by atoms with Gasteiger partial charge in [-0.25, -0.2) is 0 Å². The number of pyridine rings is 1. The number of aryl methyl sites for hydroxylation is 3. The molecule has 0 fully saturated rings. The molecule has 0 unspecified atom stereocenters. The van der Waals surface area contributed by atoms with Gasteiger partial charge in [0.1, 0.15) is 5.84 Å². The van der Waals surface area contributed by atoms with E-state index >= 15 is 0 Å². The van der Waals surface area contributed by atoms with Crippen LogP contribution < -0.4 is 10.6 Å². The summed E-state index contributed by atoms with van der Waals surface area (Å²) in [5, 5.41) is 11.9. The number of hydrogen-bond acceptors (Lipinski definition) is 4. The molecule has 2 aromatic heterocycles. The van der Waals surface area contributed by atoms with E-state index in [1.807, 2.05) is 46.4 Å². The largest absolute Gasteiger partial charge is 0.384 e. The lowest BCUT2D eigenvalue weighted by molar-refractivity contribution is 0.766. The van der Waals surface area contributed by atoms with Crippen LogP contribution in [0.5, 0.6) is 0 Å². The zero-order valence-corrected chi connectivity index (χ0v) is 12.3. The van der Waals surface area contributed by atoms with Crippen molar-refractivity contribution in [2.24, 2.45) is 12.8 Å². The molecule has 0 aliphatic carbocycles. The minimum Gasteiger partial charge on any atom is -0.384 e. The number of anilines is 1. The molecule has 0 amide bonds. The molecule has 0 aliphatic rings. The van der Waals surface area contributed by atoms with Crippen LogP contribution in [0, 0.1) is 19.3 Å². The van der Waals surface area contributed by atoms with Gasteiger partial charge in [-0.3, -0.25) is 15.1 Å². The van der Waals surface area contributed by atoms with Crippen molar-refractivity contribution in [2.75, 3.05) is 11.9 Å². The van der Waals surface area contributed by atoms with Crippen molar-refractivity contribution in [2.45, 2.75) is 20.4 Å². The van der Waals surface area contributed by atoms with Crippen LogP contribution in [0.3, 0.4) is 0 Å². The topological polar surface area (TPSA) is 83.8 Å². The number of hydrogen-bond donors (Lipinski definition) is 2. The predicted molar refractivity (Wildman–Crippen MR) is 80.0 cm³/mol. The summed E-state index contributed by atoms with van der Waals surface area (Å²) in [7, 11) is 3.87. The fourth-order valence-corrected chi connectivity index (χ4v) is 2.35. The zero-order valence-electron chi connectivity index (χ0n) is 12.3. The molecule has 0 saturated heterocycles. The van der Waals surface area contributed by atoms with Crippen LogP contribution in [0.4, 0.5) is 5.69 Å². The molecule has 20 heavy (non-hydrogen) atoms. The molecule has 2 heterocycles. The Morgan fingerprint density at radius 1 is 1.45 bits per heavy atom. The van der Waals surface area contributed by atoms with Crippen molar-refractivity contribution < 1.29 is 0 Å². The van der Waals surface area contributed by atoms with Gasteiger partial charge in [0.05, 0.1) is 23.1 Å². The van der Waals surface area contributed by atoms with Crippen LogP contribution in [0.1, 0.15) is 22.5 Å². The van der Waals surface area contributed by atoms with Gasteiger partial charge in [-0.05, 0) is 19.9 Å². The number of aromatic nitrogens is 3. The predicted octanol–water partition coefficient (Wildman–Crippen LogP) is 1.35. The second-order valence-electron chi connectivity index (χ2n) is 5.04. The molecule has 0 aliphatic heterocycles. The Hall–Kier alpha value is -2.37. The second kappa shape index (κ2) is 5.32. The number of nitrogens with zero attached hydrogens (tertiary/aromatic N) is 4. The summed E-state index contributed by atoms with van der Waals surface area (Å²) in [6.07, 6.45) is 3.82. The maximum Gasteiger partial charge on any atom is 0.126 e. The molecular formula is C14H20N6. The molecule has 6 nitrogen and oxygen atoms in total. The van der Waals surface area contributed by atoms with E-state index in [4.69, 9.17) is 11.1 Å². The SMILES string of the molecule is Cc1cc(N(C)Cc2cnn(C)c2)c(C(=N)N)c(C)n1. The number of nitrogens with one attached hydrogen (secondary N) is 1. The van der Waals surface area contributed by atoms with Crippen molar-refractivity contribution in [1.29, 1.82) is 5.41 Å². The lowest BCUT2D eigenvalue weighted by Gasteiger charge is -2.23. The van der Waals surface area contributed by atoms with Gasteiger partial charge in [0, 0.05) is 38.1 Å². The number of nitrogen functional groups attached to an aromatic ring is 1. The average Bonchev–Trinajstić information content (AvgIpc) is 2.72.